The van der Waals surface area contributed by atoms with Gasteiger partial charge in [-0.1, -0.05) is 26.3 Å². The van der Waals surface area contributed by atoms with Crippen LogP contribution in [-0.2, 0) is 0 Å². The Morgan fingerprint density at radius 3 is 2.38 bits per heavy atom. The van der Waals surface area contributed by atoms with Crippen LogP contribution in [0.2, 0.25) is 0 Å². The maximum atomic E-state index is 13.5. The number of hydrogen-bond acceptors (Lipinski definition) is 1. The molecule has 1 aromatic rings. The summed E-state index contributed by atoms with van der Waals surface area (Å²) in [5.74, 6) is -1.02. The van der Waals surface area contributed by atoms with Crippen LogP contribution < -0.4 is 5.32 Å². The van der Waals surface area contributed by atoms with Gasteiger partial charge in [-0.25, -0.2) is 8.78 Å². The second-order valence-corrected chi connectivity index (χ2v) is 5.17. The summed E-state index contributed by atoms with van der Waals surface area (Å²) in [6, 6.07) is 4.11. The molecule has 1 aliphatic rings. The molecule has 1 N–H and O–H groups in total. The van der Waals surface area contributed by atoms with Gasteiger partial charge < -0.3 is 5.32 Å². The highest BCUT2D eigenvalue weighted by Gasteiger charge is 2.35. The lowest BCUT2D eigenvalue weighted by atomic mass is 9.87. The van der Waals surface area contributed by atoms with Crippen molar-refractivity contribution in [3.05, 3.63) is 29.8 Å². The number of anilines is 1. The van der Waals surface area contributed by atoms with Crippen molar-refractivity contribution in [2.24, 2.45) is 5.41 Å². The average Bonchev–Trinajstić information content (AvgIpc) is 2.52. The van der Waals surface area contributed by atoms with E-state index in [2.05, 4.69) is 19.2 Å². The zero-order valence-electron chi connectivity index (χ0n) is 9.69. The molecule has 0 saturated heterocycles. The molecule has 0 spiro atoms. The van der Waals surface area contributed by atoms with Gasteiger partial charge in [0, 0.05) is 6.04 Å². The summed E-state index contributed by atoms with van der Waals surface area (Å²) in [7, 11) is 0. The predicted molar refractivity (Wildman–Crippen MR) is 61.4 cm³/mol. The van der Waals surface area contributed by atoms with Crippen molar-refractivity contribution in [3.63, 3.8) is 0 Å². The van der Waals surface area contributed by atoms with Crippen LogP contribution in [0.15, 0.2) is 18.2 Å². The lowest BCUT2D eigenvalue weighted by Crippen LogP contribution is -2.31. The van der Waals surface area contributed by atoms with Crippen LogP contribution in [0.4, 0.5) is 14.5 Å². The molecule has 1 fully saturated rings. The van der Waals surface area contributed by atoms with Crippen LogP contribution in [0.5, 0.6) is 0 Å². The van der Waals surface area contributed by atoms with E-state index in [0.717, 1.165) is 19.3 Å². The second kappa shape index (κ2) is 4.04. The van der Waals surface area contributed by atoms with Gasteiger partial charge in [0.2, 0.25) is 0 Å². The van der Waals surface area contributed by atoms with Crippen molar-refractivity contribution in [1.82, 2.24) is 0 Å². The topological polar surface area (TPSA) is 12.0 Å². The van der Waals surface area contributed by atoms with Crippen LogP contribution in [0.3, 0.4) is 0 Å². The molecule has 16 heavy (non-hydrogen) atoms. The monoisotopic (exact) mass is 225 g/mol. The van der Waals surface area contributed by atoms with E-state index in [9.17, 15) is 8.78 Å². The van der Waals surface area contributed by atoms with E-state index >= 15 is 0 Å². The van der Waals surface area contributed by atoms with Gasteiger partial charge in [-0.15, -0.1) is 0 Å². The molecule has 0 bridgehead atoms. The lowest BCUT2D eigenvalue weighted by Gasteiger charge is -2.29. The minimum atomic E-state index is -0.511. The fourth-order valence-electron chi connectivity index (χ4n) is 2.40. The highest BCUT2D eigenvalue weighted by atomic mass is 19.1. The predicted octanol–water partition coefficient (Wildman–Crippen LogP) is 3.96. The van der Waals surface area contributed by atoms with Gasteiger partial charge >= 0.3 is 0 Å². The van der Waals surface area contributed by atoms with Gasteiger partial charge in [-0.2, -0.15) is 0 Å². The van der Waals surface area contributed by atoms with Crippen molar-refractivity contribution in [2.75, 3.05) is 5.32 Å². The zero-order valence-corrected chi connectivity index (χ0v) is 9.69. The number of benzene rings is 1. The molecule has 0 aromatic heterocycles. The first-order chi connectivity index (χ1) is 7.50. The zero-order chi connectivity index (χ0) is 11.8. The number of nitrogens with one attached hydrogen (secondary N) is 1. The molecule has 1 aromatic carbocycles. The molecule has 1 saturated carbocycles. The fourth-order valence-corrected chi connectivity index (χ4v) is 2.40. The summed E-state index contributed by atoms with van der Waals surface area (Å²) >= 11 is 0. The van der Waals surface area contributed by atoms with Gasteiger partial charge in [0.15, 0.2) is 0 Å². The Hall–Kier alpha value is -1.12. The maximum absolute atomic E-state index is 13.5. The number of rotatable bonds is 2. The van der Waals surface area contributed by atoms with Crippen LogP contribution >= 0.6 is 0 Å². The molecule has 1 unspecified atom stereocenters. The fraction of sp³-hybridized carbons (Fsp3) is 0.538. The molecule has 1 aliphatic carbocycles. The van der Waals surface area contributed by atoms with Crippen molar-refractivity contribution in [2.45, 2.75) is 39.2 Å². The van der Waals surface area contributed by atoms with E-state index in [1.165, 1.54) is 18.2 Å². The molecule has 1 atom stereocenters. The molecule has 0 amide bonds. The molecule has 0 radical (unpaired) electrons. The first-order valence-corrected chi connectivity index (χ1v) is 5.71. The standard InChI is InChI=1S/C13H17F2N/c1-13(2)8-4-7-11(13)16-12-9(14)5-3-6-10(12)15/h3,5-6,11,16H,4,7-8H2,1-2H3. The second-order valence-electron chi connectivity index (χ2n) is 5.17. The Bertz CT molecular complexity index is 367. The van der Waals surface area contributed by atoms with E-state index in [0.29, 0.717) is 0 Å². The summed E-state index contributed by atoms with van der Waals surface area (Å²) in [5, 5.41) is 3.02. The maximum Gasteiger partial charge on any atom is 0.149 e. The van der Waals surface area contributed by atoms with Crippen LogP contribution in [0.25, 0.3) is 0 Å². The highest BCUT2D eigenvalue weighted by Crippen LogP contribution is 2.39. The Morgan fingerprint density at radius 2 is 1.88 bits per heavy atom. The van der Waals surface area contributed by atoms with Crippen molar-refractivity contribution < 1.29 is 8.78 Å². The number of halogens is 2. The molecule has 0 aliphatic heterocycles. The highest BCUT2D eigenvalue weighted by molar-refractivity contribution is 5.47. The Balaban J connectivity index is 2.21. The summed E-state index contributed by atoms with van der Waals surface area (Å²) in [6.45, 7) is 4.27. The summed E-state index contributed by atoms with van der Waals surface area (Å²) < 4.78 is 26.9. The smallest absolute Gasteiger partial charge is 0.149 e. The largest absolute Gasteiger partial charge is 0.377 e. The first-order valence-electron chi connectivity index (χ1n) is 5.71. The van der Waals surface area contributed by atoms with Gasteiger partial charge in [-0.3, -0.25) is 0 Å². The molecule has 0 heterocycles. The quantitative estimate of drug-likeness (QED) is 0.803. The summed E-state index contributed by atoms with van der Waals surface area (Å²) in [6.07, 6.45) is 3.18. The van der Waals surface area contributed by atoms with Crippen LogP contribution in [0, 0.1) is 17.0 Å². The van der Waals surface area contributed by atoms with E-state index in [-0.39, 0.29) is 17.1 Å². The van der Waals surface area contributed by atoms with Gasteiger partial charge in [-0.05, 0) is 30.4 Å². The molecule has 2 rings (SSSR count). The van der Waals surface area contributed by atoms with E-state index in [1.54, 1.807) is 0 Å². The van der Waals surface area contributed by atoms with E-state index < -0.39 is 11.6 Å². The SMILES string of the molecule is CC1(C)CCCC1Nc1c(F)cccc1F. The molecular formula is C13H17F2N. The van der Waals surface area contributed by atoms with E-state index in [4.69, 9.17) is 0 Å². The summed E-state index contributed by atoms with van der Waals surface area (Å²) in [4.78, 5) is 0. The molecule has 1 nitrogen and oxygen atoms in total. The third kappa shape index (κ3) is 2.04. The van der Waals surface area contributed by atoms with Crippen molar-refractivity contribution in [3.8, 4) is 0 Å². The Morgan fingerprint density at radius 1 is 1.25 bits per heavy atom. The summed E-state index contributed by atoms with van der Waals surface area (Å²) in [5.41, 5.74) is 0.122. The number of hydrogen-bond donors (Lipinski definition) is 1. The molecule has 88 valence electrons. The van der Waals surface area contributed by atoms with Crippen molar-refractivity contribution in [1.29, 1.82) is 0 Å². The minimum absolute atomic E-state index is 0.0162. The lowest BCUT2D eigenvalue weighted by molar-refractivity contribution is 0.348. The minimum Gasteiger partial charge on any atom is -0.377 e. The van der Waals surface area contributed by atoms with Gasteiger partial charge in [0.05, 0.1) is 0 Å². The third-order valence-electron chi connectivity index (χ3n) is 3.54. The first kappa shape index (κ1) is 11.4. The number of para-hydroxylation sites is 1. The third-order valence-corrected chi connectivity index (χ3v) is 3.54. The Labute approximate surface area is 94.9 Å². The average molecular weight is 225 g/mol. The van der Waals surface area contributed by atoms with Gasteiger partial charge in [0.25, 0.3) is 0 Å². The van der Waals surface area contributed by atoms with Crippen LogP contribution in [-0.4, -0.2) is 6.04 Å². The normalized spacial score (nSPS) is 23.4. The van der Waals surface area contributed by atoms with Crippen LogP contribution in [0.1, 0.15) is 33.1 Å². The molecule has 3 heteroatoms. The van der Waals surface area contributed by atoms with Crippen molar-refractivity contribution >= 4 is 5.69 Å². The Kier molecular flexibility index (Phi) is 2.87. The molecular weight excluding hydrogens is 208 g/mol. The van der Waals surface area contributed by atoms with E-state index in [1.807, 2.05) is 0 Å². The van der Waals surface area contributed by atoms with Gasteiger partial charge in [0.1, 0.15) is 17.3 Å².